The zero-order valence-corrected chi connectivity index (χ0v) is 12.3. The van der Waals surface area contributed by atoms with E-state index in [0.29, 0.717) is 12.1 Å². The van der Waals surface area contributed by atoms with E-state index in [9.17, 15) is 4.79 Å². The van der Waals surface area contributed by atoms with Gasteiger partial charge in [-0.05, 0) is 49.7 Å². The number of primary amides is 1. The third-order valence-corrected chi connectivity index (χ3v) is 2.99. The standard InChI is InChI=1S/C17H20N2O2/c1-12(2)21-15-9-7-14(8-10-15)19-11-13-5-3-4-6-16(13)17(18)20/h3-10,12,19H,11H2,1-2H3,(H2,18,20). The van der Waals surface area contributed by atoms with Crippen LogP contribution in [0.5, 0.6) is 5.75 Å². The average Bonchev–Trinajstić information content (AvgIpc) is 2.46. The van der Waals surface area contributed by atoms with Crippen LogP contribution >= 0.6 is 0 Å². The summed E-state index contributed by atoms with van der Waals surface area (Å²) in [5.41, 5.74) is 7.76. The summed E-state index contributed by atoms with van der Waals surface area (Å²) in [5, 5.41) is 3.27. The summed E-state index contributed by atoms with van der Waals surface area (Å²) in [4.78, 5) is 11.4. The molecule has 2 aromatic rings. The molecule has 0 aliphatic heterocycles. The van der Waals surface area contributed by atoms with Gasteiger partial charge < -0.3 is 15.8 Å². The van der Waals surface area contributed by atoms with Crippen molar-refractivity contribution in [1.82, 2.24) is 0 Å². The molecule has 21 heavy (non-hydrogen) atoms. The van der Waals surface area contributed by atoms with Gasteiger partial charge in [-0.2, -0.15) is 0 Å². The fraction of sp³-hybridized carbons (Fsp3) is 0.235. The molecule has 0 aliphatic rings. The monoisotopic (exact) mass is 284 g/mol. The molecule has 0 aliphatic carbocycles. The van der Waals surface area contributed by atoms with Crippen molar-refractivity contribution >= 4 is 11.6 Å². The Labute approximate surface area is 124 Å². The number of ether oxygens (including phenoxy) is 1. The molecule has 0 spiro atoms. The topological polar surface area (TPSA) is 64.3 Å². The fourth-order valence-electron chi connectivity index (χ4n) is 2.04. The van der Waals surface area contributed by atoms with Gasteiger partial charge in [0.1, 0.15) is 5.75 Å². The van der Waals surface area contributed by atoms with E-state index in [1.165, 1.54) is 0 Å². The van der Waals surface area contributed by atoms with E-state index in [1.807, 2.05) is 56.3 Å². The lowest BCUT2D eigenvalue weighted by atomic mass is 10.1. The van der Waals surface area contributed by atoms with E-state index in [-0.39, 0.29) is 6.10 Å². The minimum atomic E-state index is -0.409. The molecule has 4 nitrogen and oxygen atoms in total. The number of nitrogens with one attached hydrogen (secondary N) is 1. The van der Waals surface area contributed by atoms with Crippen molar-refractivity contribution in [3.8, 4) is 5.75 Å². The molecule has 0 aromatic heterocycles. The number of carbonyl (C=O) groups is 1. The Hall–Kier alpha value is -2.49. The number of benzene rings is 2. The normalized spacial score (nSPS) is 10.4. The highest BCUT2D eigenvalue weighted by molar-refractivity contribution is 5.94. The van der Waals surface area contributed by atoms with Crippen molar-refractivity contribution in [1.29, 1.82) is 0 Å². The van der Waals surface area contributed by atoms with Gasteiger partial charge in [-0.15, -0.1) is 0 Å². The molecular weight excluding hydrogens is 264 g/mol. The van der Waals surface area contributed by atoms with Crippen molar-refractivity contribution in [3.05, 3.63) is 59.7 Å². The van der Waals surface area contributed by atoms with Gasteiger partial charge in [-0.3, -0.25) is 4.79 Å². The smallest absolute Gasteiger partial charge is 0.249 e. The van der Waals surface area contributed by atoms with Gasteiger partial charge in [0.25, 0.3) is 0 Å². The van der Waals surface area contributed by atoms with Crippen molar-refractivity contribution in [3.63, 3.8) is 0 Å². The number of hydrogen-bond acceptors (Lipinski definition) is 3. The summed E-state index contributed by atoms with van der Waals surface area (Å²) in [6.07, 6.45) is 0.159. The molecule has 0 fully saturated rings. The highest BCUT2D eigenvalue weighted by Gasteiger charge is 2.06. The van der Waals surface area contributed by atoms with Crippen LogP contribution < -0.4 is 15.8 Å². The molecule has 0 saturated heterocycles. The Bertz CT molecular complexity index is 606. The minimum absolute atomic E-state index is 0.159. The Morgan fingerprint density at radius 3 is 2.43 bits per heavy atom. The number of hydrogen-bond donors (Lipinski definition) is 2. The predicted molar refractivity (Wildman–Crippen MR) is 84.5 cm³/mol. The molecule has 2 rings (SSSR count). The third-order valence-electron chi connectivity index (χ3n) is 2.99. The molecule has 0 saturated carbocycles. The Morgan fingerprint density at radius 1 is 1.14 bits per heavy atom. The number of rotatable bonds is 6. The fourth-order valence-corrected chi connectivity index (χ4v) is 2.04. The summed E-state index contributed by atoms with van der Waals surface area (Å²) in [7, 11) is 0. The highest BCUT2D eigenvalue weighted by atomic mass is 16.5. The SMILES string of the molecule is CC(C)Oc1ccc(NCc2ccccc2C(N)=O)cc1. The average molecular weight is 284 g/mol. The summed E-state index contributed by atoms with van der Waals surface area (Å²) in [6.45, 7) is 4.53. The van der Waals surface area contributed by atoms with Crippen molar-refractivity contribution < 1.29 is 9.53 Å². The van der Waals surface area contributed by atoms with Crippen molar-refractivity contribution in [2.45, 2.75) is 26.5 Å². The summed E-state index contributed by atoms with van der Waals surface area (Å²) in [5.74, 6) is 0.432. The van der Waals surface area contributed by atoms with Crippen LogP contribution in [0.15, 0.2) is 48.5 Å². The Balaban J connectivity index is 2.02. The van der Waals surface area contributed by atoms with Gasteiger partial charge in [0.2, 0.25) is 5.91 Å². The van der Waals surface area contributed by atoms with E-state index < -0.39 is 5.91 Å². The molecule has 0 atom stereocenters. The lowest BCUT2D eigenvalue weighted by Gasteiger charge is -2.12. The van der Waals surface area contributed by atoms with Gasteiger partial charge in [-0.25, -0.2) is 0 Å². The maximum atomic E-state index is 11.4. The van der Waals surface area contributed by atoms with E-state index in [0.717, 1.165) is 17.0 Å². The zero-order chi connectivity index (χ0) is 15.2. The lowest BCUT2D eigenvalue weighted by molar-refractivity contribution is 0.0999. The van der Waals surface area contributed by atoms with E-state index in [2.05, 4.69) is 5.32 Å². The van der Waals surface area contributed by atoms with Gasteiger partial charge in [0.15, 0.2) is 0 Å². The Kier molecular flexibility index (Phi) is 4.82. The van der Waals surface area contributed by atoms with Gasteiger partial charge in [0, 0.05) is 17.8 Å². The van der Waals surface area contributed by atoms with Crippen LogP contribution in [-0.4, -0.2) is 12.0 Å². The number of nitrogens with two attached hydrogens (primary N) is 1. The van der Waals surface area contributed by atoms with Crippen LogP contribution in [0.25, 0.3) is 0 Å². The molecule has 1 amide bonds. The van der Waals surface area contributed by atoms with Gasteiger partial charge >= 0.3 is 0 Å². The van der Waals surface area contributed by atoms with Crippen LogP contribution in [0.2, 0.25) is 0 Å². The van der Waals surface area contributed by atoms with Crippen LogP contribution in [0, 0.1) is 0 Å². The number of carbonyl (C=O) groups excluding carboxylic acids is 1. The molecular formula is C17H20N2O2. The Morgan fingerprint density at radius 2 is 1.81 bits per heavy atom. The van der Waals surface area contributed by atoms with Crippen LogP contribution in [0.1, 0.15) is 29.8 Å². The number of amides is 1. The molecule has 110 valence electrons. The highest BCUT2D eigenvalue weighted by Crippen LogP contribution is 2.18. The molecule has 2 aromatic carbocycles. The van der Waals surface area contributed by atoms with Gasteiger partial charge in [-0.1, -0.05) is 18.2 Å². The second-order valence-corrected chi connectivity index (χ2v) is 5.07. The van der Waals surface area contributed by atoms with Crippen molar-refractivity contribution in [2.75, 3.05) is 5.32 Å². The van der Waals surface area contributed by atoms with Crippen LogP contribution in [-0.2, 0) is 6.54 Å². The molecule has 3 N–H and O–H groups in total. The van der Waals surface area contributed by atoms with E-state index in [1.54, 1.807) is 6.07 Å². The predicted octanol–water partition coefficient (Wildman–Crippen LogP) is 3.18. The first-order chi connectivity index (χ1) is 10.1. The number of anilines is 1. The third kappa shape index (κ3) is 4.24. The maximum absolute atomic E-state index is 11.4. The maximum Gasteiger partial charge on any atom is 0.249 e. The molecule has 4 heteroatoms. The molecule has 0 heterocycles. The first-order valence-corrected chi connectivity index (χ1v) is 6.94. The molecule has 0 bridgehead atoms. The van der Waals surface area contributed by atoms with Gasteiger partial charge in [0.05, 0.1) is 6.10 Å². The van der Waals surface area contributed by atoms with E-state index in [4.69, 9.17) is 10.5 Å². The molecule has 0 radical (unpaired) electrons. The zero-order valence-electron chi connectivity index (χ0n) is 12.3. The minimum Gasteiger partial charge on any atom is -0.491 e. The quantitative estimate of drug-likeness (QED) is 0.856. The van der Waals surface area contributed by atoms with Crippen LogP contribution in [0.3, 0.4) is 0 Å². The largest absolute Gasteiger partial charge is 0.491 e. The summed E-state index contributed by atoms with van der Waals surface area (Å²) >= 11 is 0. The molecule has 0 unspecified atom stereocenters. The second-order valence-electron chi connectivity index (χ2n) is 5.07. The van der Waals surface area contributed by atoms with E-state index >= 15 is 0 Å². The first-order valence-electron chi connectivity index (χ1n) is 6.94. The summed E-state index contributed by atoms with van der Waals surface area (Å²) in [6, 6.07) is 15.1. The first kappa shape index (κ1) is 14.9. The van der Waals surface area contributed by atoms with Crippen LogP contribution in [0.4, 0.5) is 5.69 Å². The van der Waals surface area contributed by atoms with Crippen molar-refractivity contribution in [2.24, 2.45) is 5.73 Å². The lowest BCUT2D eigenvalue weighted by Crippen LogP contribution is -2.15. The second kappa shape index (κ2) is 6.79. The summed E-state index contributed by atoms with van der Waals surface area (Å²) < 4.78 is 5.59.